The van der Waals surface area contributed by atoms with Crippen LogP contribution in [0.5, 0.6) is 0 Å². The Kier molecular flexibility index (Phi) is 8.77. The van der Waals surface area contributed by atoms with E-state index in [1.807, 2.05) is 13.8 Å². The van der Waals surface area contributed by atoms with Crippen LogP contribution in [-0.4, -0.2) is 34.3 Å². The van der Waals surface area contributed by atoms with E-state index in [0.717, 1.165) is 50.1 Å². The van der Waals surface area contributed by atoms with Gasteiger partial charge in [-0.05, 0) is 147 Å². The Bertz CT molecular complexity index is 1380. The van der Waals surface area contributed by atoms with E-state index >= 15 is 0 Å². The first kappa shape index (κ1) is 28.6. The van der Waals surface area contributed by atoms with Crippen molar-refractivity contribution in [2.24, 2.45) is 15.5 Å². The molecule has 0 aliphatic carbocycles. The van der Waals surface area contributed by atoms with Crippen molar-refractivity contribution in [1.29, 1.82) is 0 Å². The summed E-state index contributed by atoms with van der Waals surface area (Å²) in [5, 5.41) is 38.0. The summed E-state index contributed by atoms with van der Waals surface area (Å²) in [6.45, 7) is 18.8. The van der Waals surface area contributed by atoms with Gasteiger partial charge in [-0.25, -0.2) is 0 Å². The number of oxime groups is 3. The predicted molar refractivity (Wildman–Crippen MR) is 156 cm³/mol. The minimum absolute atomic E-state index is 0.704. The lowest BCUT2D eigenvalue weighted by molar-refractivity contribution is 0.321. The van der Waals surface area contributed by atoms with Gasteiger partial charge in [-0.2, -0.15) is 0 Å². The van der Waals surface area contributed by atoms with Gasteiger partial charge in [0.1, 0.15) is 0 Å². The van der Waals surface area contributed by atoms with Crippen LogP contribution in [-0.2, 0) is 12.8 Å². The Morgan fingerprint density at radius 2 is 0.763 bits per heavy atom. The highest BCUT2D eigenvalue weighted by atomic mass is 16.4. The Hall–Kier alpha value is -3.93. The number of hydrogen-bond donors (Lipinski definition) is 3. The summed E-state index contributed by atoms with van der Waals surface area (Å²) in [5.41, 5.74) is 17.6. The summed E-state index contributed by atoms with van der Waals surface area (Å²) >= 11 is 0. The van der Waals surface area contributed by atoms with E-state index in [1.54, 1.807) is 0 Å². The van der Waals surface area contributed by atoms with Gasteiger partial charge >= 0.3 is 0 Å². The first-order valence-corrected chi connectivity index (χ1v) is 12.8. The molecule has 0 amide bonds. The van der Waals surface area contributed by atoms with Gasteiger partial charge in [0, 0.05) is 16.7 Å². The van der Waals surface area contributed by atoms with Gasteiger partial charge in [-0.3, -0.25) is 0 Å². The van der Waals surface area contributed by atoms with Crippen LogP contribution in [0.3, 0.4) is 0 Å². The van der Waals surface area contributed by atoms with Crippen molar-refractivity contribution >= 4 is 18.6 Å². The summed E-state index contributed by atoms with van der Waals surface area (Å²) in [7, 11) is 0. The molecular formula is C32H39N3O3. The third-order valence-electron chi connectivity index (χ3n) is 8.27. The second-order valence-corrected chi connectivity index (χ2v) is 10.4. The van der Waals surface area contributed by atoms with Crippen LogP contribution >= 0.6 is 0 Å². The average molecular weight is 514 g/mol. The van der Waals surface area contributed by atoms with E-state index in [2.05, 4.69) is 76.1 Å². The minimum Gasteiger partial charge on any atom is -0.411 e. The van der Waals surface area contributed by atoms with Crippen LogP contribution < -0.4 is 0 Å². The summed E-state index contributed by atoms with van der Waals surface area (Å²) in [4.78, 5) is 0. The monoisotopic (exact) mass is 513 g/mol. The summed E-state index contributed by atoms with van der Waals surface area (Å²) in [6.07, 6.45) is 5.96. The largest absolute Gasteiger partial charge is 0.411 e. The number of benzene rings is 3. The molecule has 6 heteroatoms. The quantitative estimate of drug-likeness (QED) is 0.179. The molecule has 38 heavy (non-hydrogen) atoms. The smallest absolute Gasteiger partial charge is 0.0739 e. The van der Waals surface area contributed by atoms with Crippen LogP contribution in [0.25, 0.3) is 0 Å². The molecule has 0 saturated heterocycles. The molecule has 0 atom stereocenters. The molecule has 0 spiro atoms. The molecule has 0 unspecified atom stereocenters. The molecule has 0 bridgehead atoms. The van der Waals surface area contributed by atoms with E-state index in [1.165, 1.54) is 57.6 Å². The van der Waals surface area contributed by atoms with E-state index < -0.39 is 0 Å². The third kappa shape index (κ3) is 5.21. The fraction of sp³-hybridized carbons (Fsp3) is 0.344. The molecule has 3 N–H and O–H groups in total. The SMILES string of the molecule is Cc1cc(C)c(Cc2c(C)c(/C=N\O)c(C)c(Cc3c(C)cc(C)c(/C=N\O)c3C)c2C)c(C)c1/C=N\O. The third-order valence-corrected chi connectivity index (χ3v) is 8.27. The van der Waals surface area contributed by atoms with Crippen molar-refractivity contribution in [2.75, 3.05) is 0 Å². The molecule has 0 aliphatic heterocycles. The normalized spacial score (nSPS) is 12.0. The molecule has 0 heterocycles. The second kappa shape index (κ2) is 11.6. The molecule has 0 aliphatic rings. The van der Waals surface area contributed by atoms with Crippen molar-refractivity contribution in [2.45, 2.75) is 75.2 Å². The van der Waals surface area contributed by atoms with E-state index in [4.69, 9.17) is 0 Å². The Morgan fingerprint density at radius 3 is 1.11 bits per heavy atom. The Morgan fingerprint density at radius 1 is 0.447 bits per heavy atom. The van der Waals surface area contributed by atoms with Crippen molar-refractivity contribution in [3.05, 3.63) is 101 Å². The number of rotatable bonds is 7. The van der Waals surface area contributed by atoms with Crippen molar-refractivity contribution in [3.63, 3.8) is 0 Å². The molecule has 3 rings (SSSR count). The minimum atomic E-state index is 0.704. The fourth-order valence-corrected chi connectivity index (χ4v) is 6.03. The zero-order valence-electron chi connectivity index (χ0n) is 24.0. The van der Waals surface area contributed by atoms with Gasteiger partial charge in [0.15, 0.2) is 0 Å². The Labute approximate surface area is 226 Å². The van der Waals surface area contributed by atoms with E-state index in [-0.39, 0.29) is 0 Å². The van der Waals surface area contributed by atoms with Crippen LogP contribution in [0.15, 0.2) is 27.6 Å². The maximum Gasteiger partial charge on any atom is 0.0739 e. The van der Waals surface area contributed by atoms with Gasteiger partial charge in [-0.1, -0.05) is 27.6 Å². The highest BCUT2D eigenvalue weighted by molar-refractivity contribution is 5.87. The summed E-state index contributed by atoms with van der Waals surface area (Å²) < 4.78 is 0. The van der Waals surface area contributed by atoms with Gasteiger partial charge in [0.05, 0.1) is 18.6 Å². The first-order valence-electron chi connectivity index (χ1n) is 12.8. The molecular weight excluding hydrogens is 474 g/mol. The summed E-state index contributed by atoms with van der Waals surface area (Å²) in [5.74, 6) is 0. The molecule has 3 aromatic carbocycles. The van der Waals surface area contributed by atoms with Gasteiger partial charge in [0.2, 0.25) is 0 Å². The van der Waals surface area contributed by atoms with Crippen molar-refractivity contribution < 1.29 is 15.6 Å². The maximum absolute atomic E-state index is 9.52. The van der Waals surface area contributed by atoms with E-state index in [0.29, 0.717) is 12.8 Å². The molecule has 6 nitrogen and oxygen atoms in total. The van der Waals surface area contributed by atoms with Gasteiger partial charge in [-0.15, -0.1) is 0 Å². The lowest BCUT2D eigenvalue weighted by atomic mass is 9.80. The van der Waals surface area contributed by atoms with Crippen LogP contribution in [0.2, 0.25) is 0 Å². The lowest BCUT2D eigenvalue weighted by Crippen LogP contribution is -2.12. The number of aryl methyl sites for hydroxylation is 4. The standard InChI is InChI=1S/C32H39N3O3/c1-17-10-19(3)30(14-33-36)21(5)26(17)12-28-23(7)29(25(9)32(16-35-38)24(28)8)13-27-18(2)11-20(4)31(15-34-37)22(27)6/h10-11,14-16,36-38H,12-13H2,1-9H3/b33-14-,34-15-,35-16-. The van der Waals surface area contributed by atoms with Crippen molar-refractivity contribution in [1.82, 2.24) is 0 Å². The Balaban J connectivity index is 2.29. The fourth-order valence-electron chi connectivity index (χ4n) is 6.03. The summed E-state index contributed by atoms with van der Waals surface area (Å²) in [6, 6.07) is 4.27. The molecule has 0 radical (unpaired) electrons. The van der Waals surface area contributed by atoms with Crippen LogP contribution in [0.1, 0.15) is 89.0 Å². The van der Waals surface area contributed by atoms with Crippen molar-refractivity contribution in [3.8, 4) is 0 Å². The number of hydrogen-bond acceptors (Lipinski definition) is 6. The van der Waals surface area contributed by atoms with Crippen LogP contribution in [0.4, 0.5) is 0 Å². The molecule has 0 saturated carbocycles. The van der Waals surface area contributed by atoms with Gasteiger partial charge < -0.3 is 15.6 Å². The zero-order chi connectivity index (χ0) is 28.3. The molecule has 0 fully saturated rings. The highest BCUT2D eigenvalue weighted by Gasteiger charge is 2.21. The lowest BCUT2D eigenvalue weighted by Gasteiger charge is -2.24. The zero-order valence-corrected chi connectivity index (χ0v) is 24.0. The van der Waals surface area contributed by atoms with Gasteiger partial charge in [0.25, 0.3) is 0 Å². The van der Waals surface area contributed by atoms with E-state index in [9.17, 15) is 15.6 Å². The molecule has 3 aromatic rings. The average Bonchev–Trinajstić information content (AvgIpc) is 2.86. The van der Waals surface area contributed by atoms with Crippen LogP contribution in [0, 0.1) is 62.3 Å². The molecule has 200 valence electrons. The maximum atomic E-state index is 9.52. The highest BCUT2D eigenvalue weighted by Crippen LogP contribution is 2.34. The topological polar surface area (TPSA) is 97.8 Å². The second-order valence-electron chi connectivity index (χ2n) is 10.4. The molecule has 0 aromatic heterocycles. The predicted octanol–water partition coefficient (Wildman–Crippen LogP) is 7.07. The first-order chi connectivity index (χ1) is 18.0. The number of nitrogens with zero attached hydrogens (tertiary/aromatic N) is 3.